The van der Waals surface area contributed by atoms with Crippen molar-refractivity contribution in [2.45, 2.75) is 96.4 Å². The van der Waals surface area contributed by atoms with Gasteiger partial charge in [0.25, 0.3) is 0 Å². The maximum absolute atomic E-state index is 15.5. The number of benzene rings is 4. The van der Waals surface area contributed by atoms with Gasteiger partial charge in [0.15, 0.2) is 0 Å². The number of nitrogens with one attached hydrogen (secondary N) is 2. The fourth-order valence-corrected chi connectivity index (χ4v) is 7.18. The van der Waals surface area contributed by atoms with Crippen molar-refractivity contribution in [1.29, 1.82) is 0 Å². The molecule has 14 nitrogen and oxygen atoms in total. The van der Waals surface area contributed by atoms with E-state index in [1.807, 2.05) is 115 Å². The summed E-state index contributed by atoms with van der Waals surface area (Å²) in [4.78, 5) is 55.8. The summed E-state index contributed by atoms with van der Waals surface area (Å²) in [7, 11) is 0. The number of hydrogen-bond donors (Lipinski definition) is 4. The van der Waals surface area contributed by atoms with Gasteiger partial charge in [-0.2, -0.15) is 0 Å². The van der Waals surface area contributed by atoms with Crippen LogP contribution < -0.4 is 11.1 Å². The molecule has 0 spiro atoms. The largest absolute Gasteiger partial charge is 0.444 e. The van der Waals surface area contributed by atoms with Crippen LogP contribution in [-0.2, 0) is 69.6 Å². The summed E-state index contributed by atoms with van der Waals surface area (Å²) in [6.07, 6.45) is 3.88. The molecule has 6 rings (SSSR count). The quantitative estimate of drug-likeness (QED) is 0.0655. The monoisotopic (exact) mass is 841 g/mol. The topological polar surface area (TPSA) is 187 Å². The third-order valence-electron chi connectivity index (χ3n) is 10.1. The van der Waals surface area contributed by atoms with Gasteiger partial charge in [-0.3, -0.25) is 9.59 Å². The second-order valence-electron chi connectivity index (χ2n) is 16.1. The van der Waals surface area contributed by atoms with Gasteiger partial charge < -0.3 is 44.8 Å². The van der Waals surface area contributed by atoms with Crippen LogP contribution in [0.15, 0.2) is 140 Å². The SMILES string of the molecule is CC(C)(C)OC(=O)N[C@@H](Cc1ccccc1)C(=O)N(C(Cc1cccc(COCc2ccccc2)c1)[C@H](O)c1nccn1COCc1ccccc1)[C@@H](Cc1cnc[nH]1)C(N)=O. The molecule has 14 heteroatoms. The molecule has 1 unspecified atom stereocenters. The number of imidazole rings is 2. The third-order valence-corrected chi connectivity index (χ3v) is 10.1. The minimum atomic E-state index is -1.50. The first-order valence-electron chi connectivity index (χ1n) is 20.6. The summed E-state index contributed by atoms with van der Waals surface area (Å²) in [5, 5.41) is 15.5. The molecule has 2 aromatic heterocycles. The first-order valence-corrected chi connectivity index (χ1v) is 20.6. The fourth-order valence-electron chi connectivity index (χ4n) is 7.18. The molecule has 2 heterocycles. The number of carbonyl (C=O) groups is 3. The molecule has 0 saturated heterocycles. The Bertz CT molecular complexity index is 2300. The van der Waals surface area contributed by atoms with Crippen molar-refractivity contribution >= 4 is 17.9 Å². The summed E-state index contributed by atoms with van der Waals surface area (Å²) in [5.74, 6) is -1.32. The van der Waals surface area contributed by atoms with Crippen LogP contribution in [0.3, 0.4) is 0 Å². The lowest BCUT2D eigenvalue weighted by molar-refractivity contribution is -0.147. The highest BCUT2D eigenvalue weighted by atomic mass is 16.6. The number of nitrogens with two attached hydrogens (primary N) is 1. The number of amides is 3. The zero-order valence-corrected chi connectivity index (χ0v) is 35.3. The summed E-state index contributed by atoms with van der Waals surface area (Å²) in [6.45, 7) is 6.20. The van der Waals surface area contributed by atoms with Crippen LogP contribution in [-0.4, -0.2) is 71.2 Å². The Hall–Kier alpha value is -6.61. The molecular formula is C48H55N7O7. The van der Waals surface area contributed by atoms with Crippen molar-refractivity contribution in [3.63, 3.8) is 0 Å². The average molecular weight is 842 g/mol. The number of ether oxygens (including phenoxy) is 3. The van der Waals surface area contributed by atoms with E-state index in [0.29, 0.717) is 25.5 Å². The second-order valence-corrected chi connectivity index (χ2v) is 16.1. The molecule has 0 aliphatic heterocycles. The first-order chi connectivity index (χ1) is 29.9. The Balaban J connectivity index is 1.41. The maximum Gasteiger partial charge on any atom is 0.408 e. The molecule has 0 saturated carbocycles. The number of rotatable bonds is 21. The standard InChI is InChI=1S/C48H55N7O7/c1-48(2,3)62-47(59)53-40(25-34-14-7-4-8-15-34)46(58)55(42(44(49)57)27-39-28-50-32-52-39)41(26-37-20-13-21-38(24-37)31-60-29-35-16-9-5-10-17-35)43(56)45-51-22-23-54(45)33-61-30-36-18-11-6-12-19-36/h4-24,28,32,40-43,56H,25-27,29-31,33H2,1-3H3,(H2,49,57)(H,50,52)(H,53,59)/t40-,41?,42-,43-/m0/s1. The number of aliphatic hydroxyl groups excluding tert-OH is 1. The average Bonchev–Trinajstić information content (AvgIpc) is 3.96. The van der Waals surface area contributed by atoms with Crippen molar-refractivity contribution < 1.29 is 33.7 Å². The number of aromatic amines is 1. The maximum atomic E-state index is 15.5. The highest BCUT2D eigenvalue weighted by Crippen LogP contribution is 2.29. The van der Waals surface area contributed by atoms with Crippen LogP contribution in [0, 0.1) is 0 Å². The number of aromatic nitrogens is 4. The molecule has 0 aliphatic rings. The van der Waals surface area contributed by atoms with Gasteiger partial charge in [-0.15, -0.1) is 0 Å². The molecule has 6 aromatic rings. The van der Waals surface area contributed by atoms with E-state index in [1.165, 1.54) is 17.4 Å². The minimum absolute atomic E-state index is 0.0282. The number of alkyl carbamates (subject to hydrolysis) is 1. The molecule has 4 atom stereocenters. The minimum Gasteiger partial charge on any atom is -0.444 e. The molecule has 324 valence electrons. The number of nitrogens with zero attached hydrogens (tertiary/aromatic N) is 4. The summed E-state index contributed by atoms with van der Waals surface area (Å²) >= 11 is 0. The number of aliphatic hydroxyl groups is 1. The Morgan fingerprint density at radius 1 is 0.790 bits per heavy atom. The lowest BCUT2D eigenvalue weighted by atomic mass is 9.93. The number of hydrogen-bond acceptors (Lipinski definition) is 9. The highest BCUT2D eigenvalue weighted by Gasteiger charge is 2.43. The molecule has 0 aliphatic carbocycles. The Morgan fingerprint density at radius 3 is 2.00 bits per heavy atom. The van der Waals surface area contributed by atoms with Crippen LogP contribution in [0.4, 0.5) is 4.79 Å². The van der Waals surface area contributed by atoms with Crippen molar-refractivity contribution in [3.05, 3.63) is 180 Å². The number of H-pyrrole nitrogens is 1. The molecule has 4 aromatic carbocycles. The summed E-state index contributed by atoms with van der Waals surface area (Å²) in [6, 6.07) is 32.5. The van der Waals surface area contributed by atoms with E-state index in [0.717, 1.165) is 27.8 Å². The van der Waals surface area contributed by atoms with Crippen LogP contribution in [0.1, 0.15) is 66.2 Å². The number of primary amides is 1. The zero-order chi connectivity index (χ0) is 43.9. The van der Waals surface area contributed by atoms with Crippen molar-refractivity contribution in [1.82, 2.24) is 29.7 Å². The van der Waals surface area contributed by atoms with Crippen LogP contribution in [0.5, 0.6) is 0 Å². The van der Waals surface area contributed by atoms with Gasteiger partial charge in [0.2, 0.25) is 11.8 Å². The lowest BCUT2D eigenvalue weighted by Crippen LogP contribution is -2.61. The van der Waals surface area contributed by atoms with Crippen molar-refractivity contribution in [3.8, 4) is 0 Å². The third kappa shape index (κ3) is 13.2. The van der Waals surface area contributed by atoms with Crippen molar-refractivity contribution in [2.75, 3.05) is 0 Å². The van der Waals surface area contributed by atoms with Crippen LogP contribution in [0.25, 0.3) is 0 Å². The Morgan fingerprint density at radius 2 is 1.39 bits per heavy atom. The first kappa shape index (κ1) is 44.9. The van der Waals surface area contributed by atoms with Crippen LogP contribution >= 0.6 is 0 Å². The fraction of sp³-hybridized carbons (Fsp3) is 0.312. The van der Waals surface area contributed by atoms with Gasteiger partial charge in [0, 0.05) is 37.1 Å². The molecule has 5 N–H and O–H groups in total. The van der Waals surface area contributed by atoms with E-state index in [4.69, 9.17) is 19.9 Å². The Kier molecular flexibility index (Phi) is 15.8. The lowest BCUT2D eigenvalue weighted by Gasteiger charge is -2.41. The molecule has 0 fully saturated rings. The van der Waals surface area contributed by atoms with E-state index in [2.05, 4.69) is 20.3 Å². The van der Waals surface area contributed by atoms with Gasteiger partial charge in [0.1, 0.15) is 36.3 Å². The van der Waals surface area contributed by atoms with Gasteiger partial charge in [-0.1, -0.05) is 115 Å². The van der Waals surface area contributed by atoms with E-state index < -0.39 is 47.7 Å². The summed E-state index contributed by atoms with van der Waals surface area (Å²) < 4.78 is 19.4. The van der Waals surface area contributed by atoms with Gasteiger partial charge in [-0.25, -0.2) is 14.8 Å². The van der Waals surface area contributed by atoms with Gasteiger partial charge >= 0.3 is 6.09 Å². The van der Waals surface area contributed by atoms with E-state index >= 15 is 4.79 Å². The predicted octanol–water partition coefficient (Wildman–Crippen LogP) is 6.20. The number of carbonyl (C=O) groups excluding carboxylic acids is 3. The Labute approximate surface area is 362 Å². The molecule has 0 bridgehead atoms. The van der Waals surface area contributed by atoms with E-state index in [9.17, 15) is 14.7 Å². The highest BCUT2D eigenvalue weighted by molar-refractivity contribution is 5.91. The smallest absolute Gasteiger partial charge is 0.408 e. The van der Waals surface area contributed by atoms with Gasteiger partial charge in [0.05, 0.1) is 32.2 Å². The van der Waals surface area contributed by atoms with E-state index in [1.54, 1.807) is 37.7 Å². The zero-order valence-electron chi connectivity index (χ0n) is 35.3. The van der Waals surface area contributed by atoms with Gasteiger partial charge in [-0.05, 0) is 55.0 Å². The van der Waals surface area contributed by atoms with Crippen molar-refractivity contribution in [2.24, 2.45) is 5.73 Å². The van der Waals surface area contributed by atoms with E-state index in [-0.39, 0.29) is 31.8 Å². The molecule has 0 radical (unpaired) electrons. The second kappa shape index (κ2) is 21.8. The molecule has 3 amide bonds. The normalized spacial score (nSPS) is 13.4. The summed E-state index contributed by atoms with van der Waals surface area (Å²) in [5.41, 5.74) is 10.2. The molecular weight excluding hydrogens is 787 g/mol. The van der Waals surface area contributed by atoms with Crippen LogP contribution in [0.2, 0.25) is 0 Å². The predicted molar refractivity (Wildman–Crippen MR) is 233 cm³/mol. The molecule has 62 heavy (non-hydrogen) atoms.